The van der Waals surface area contributed by atoms with Crippen LogP contribution in [-0.4, -0.2) is 46.5 Å². The molecule has 9 heteroatoms. The van der Waals surface area contributed by atoms with Gasteiger partial charge >= 0.3 is 6.18 Å². The normalized spacial score (nSPS) is 17.3. The number of carbonyl (C=O) groups excluding carboxylic acids is 2. The second-order valence-electron chi connectivity index (χ2n) is 8.44. The molecule has 0 bridgehead atoms. The Labute approximate surface area is 184 Å². The Bertz CT molecular complexity index is 966. The molecule has 1 aliphatic carbocycles. The van der Waals surface area contributed by atoms with E-state index in [-0.39, 0.29) is 23.1 Å². The summed E-state index contributed by atoms with van der Waals surface area (Å²) in [7, 11) is 0. The molecule has 1 saturated heterocycles. The molecule has 4 rings (SSSR count). The minimum absolute atomic E-state index is 0.0383. The third-order valence-corrected chi connectivity index (χ3v) is 6.12. The van der Waals surface area contributed by atoms with Crippen LogP contribution in [-0.2, 0) is 6.18 Å². The Morgan fingerprint density at radius 2 is 1.72 bits per heavy atom. The smallest absolute Gasteiger partial charge is 0.351 e. The van der Waals surface area contributed by atoms with Gasteiger partial charge in [-0.2, -0.15) is 18.3 Å². The molecule has 2 aliphatic rings. The van der Waals surface area contributed by atoms with E-state index in [0.717, 1.165) is 24.1 Å². The predicted molar refractivity (Wildman–Crippen MR) is 111 cm³/mol. The van der Waals surface area contributed by atoms with Gasteiger partial charge in [0.1, 0.15) is 0 Å². The van der Waals surface area contributed by atoms with Crippen LogP contribution in [0.25, 0.3) is 0 Å². The van der Waals surface area contributed by atoms with Crippen LogP contribution in [0.2, 0.25) is 0 Å². The molecular formula is C23H25F3N4O2. The van der Waals surface area contributed by atoms with Crippen molar-refractivity contribution in [2.75, 3.05) is 19.6 Å². The summed E-state index contributed by atoms with van der Waals surface area (Å²) >= 11 is 0. The minimum atomic E-state index is -4.58. The van der Waals surface area contributed by atoms with Crippen molar-refractivity contribution in [2.24, 2.45) is 5.92 Å². The number of halogens is 3. The first-order valence-electron chi connectivity index (χ1n) is 10.9. The fourth-order valence-electron chi connectivity index (χ4n) is 4.03. The molecule has 6 nitrogen and oxygen atoms in total. The van der Waals surface area contributed by atoms with Crippen molar-refractivity contribution >= 4 is 11.8 Å². The highest BCUT2D eigenvalue weighted by atomic mass is 19.4. The third kappa shape index (κ3) is 5.26. The van der Waals surface area contributed by atoms with Gasteiger partial charge in [-0.25, -0.2) is 0 Å². The number of carbonyl (C=O) groups is 2. The number of rotatable bonds is 6. The highest BCUT2D eigenvalue weighted by molar-refractivity contribution is 5.96. The first kappa shape index (κ1) is 22.2. The van der Waals surface area contributed by atoms with Gasteiger partial charge in [0.15, 0.2) is 5.69 Å². The summed E-state index contributed by atoms with van der Waals surface area (Å²) in [5.74, 6) is -0.0750. The molecule has 2 heterocycles. The van der Waals surface area contributed by atoms with Gasteiger partial charge in [-0.05, 0) is 49.4 Å². The molecule has 1 aromatic carbocycles. The van der Waals surface area contributed by atoms with E-state index in [1.54, 1.807) is 12.1 Å². The Balaban J connectivity index is 1.32. The quantitative estimate of drug-likeness (QED) is 0.727. The summed E-state index contributed by atoms with van der Waals surface area (Å²) in [6.07, 6.45) is 0.0322. The van der Waals surface area contributed by atoms with Gasteiger partial charge in [0.25, 0.3) is 11.8 Å². The lowest BCUT2D eigenvalue weighted by atomic mass is 9.92. The molecule has 1 saturated carbocycles. The zero-order valence-corrected chi connectivity index (χ0v) is 17.6. The van der Waals surface area contributed by atoms with E-state index in [4.69, 9.17) is 0 Å². The van der Waals surface area contributed by atoms with Crippen molar-refractivity contribution in [3.63, 3.8) is 0 Å². The van der Waals surface area contributed by atoms with Gasteiger partial charge in [0, 0.05) is 25.6 Å². The minimum Gasteiger partial charge on any atom is -0.351 e. The van der Waals surface area contributed by atoms with Crippen LogP contribution in [0.15, 0.2) is 36.4 Å². The van der Waals surface area contributed by atoms with Gasteiger partial charge in [-0.3, -0.25) is 9.59 Å². The molecule has 0 atom stereocenters. The maximum absolute atomic E-state index is 13.2. The predicted octanol–water partition coefficient (Wildman–Crippen LogP) is 4.05. The Morgan fingerprint density at radius 3 is 2.34 bits per heavy atom. The van der Waals surface area contributed by atoms with Gasteiger partial charge in [0.05, 0.1) is 16.8 Å². The highest BCUT2D eigenvalue weighted by Crippen LogP contribution is 2.34. The lowest BCUT2D eigenvalue weighted by Gasteiger charge is -2.32. The molecule has 32 heavy (non-hydrogen) atoms. The SMILES string of the molecule is O=C(NCCC1CC1)c1ccc(C2CCN(C(=O)c3ccccc3C(F)(F)F)CC2)nn1. The lowest BCUT2D eigenvalue weighted by molar-refractivity contribution is -0.138. The number of likely N-dealkylation sites (tertiary alicyclic amines) is 1. The van der Waals surface area contributed by atoms with Crippen LogP contribution in [0.5, 0.6) is 0 Å². The maximum atomic E-state index is 13.2. The first-order chi connectivity index (χ1) is 15.3. The van der Waals surface area contributed by atoms with E-state index in [1.165, 1.54) is 35.9 Å². The highest BCUT2D eigenvalue weighted by Gasteiger charge is 2.36. The van der Waals surface area contributed by atoms with Crippen LogP contribution in [0.3, 0.4) is 0 Å². The average Bonchev–Trinajstić information content (AvgIpc) is 3.63. The van der Waals surface area contributed by atoms with Crippen molar-refractivity contribution in [2.45, 2.75) is 44.2 Å². The molecule has 0 spiro atoms. The fraction of sp³-hybridized carbons (Fsp3) is 0.478. The average molecular weight is 446 g/mol. The maximum Gasteiger partial charge on any atom is 0.417 e. The topological polar surface area (TPSA) is 75.2 Å². The summed E-state index contributed by atoms with van der Waals surface area (Å²) in [6.45, 7) is 1.30. The van der Waals surface area contributed by atoms with Crippen molar-refractivity contribution in [1.29, 1.82) is 0 Å². The third-order valence-electron chi connectivity index (χ3n) is 6.12. The molecule has 1 N–H and O–H groups in total. The Kier molecular flexibility index (Phi) is 6.43. The molecule has 0 unspecified atom stereocenters. The van der Waals surface area contributed by atoms with E-state index in [1.807, 2.05) is 0 Å². The number of hydrogen-bond donors (Lipinski definition) is 1. The Morgan fingerprint density at radius 1 is 1.00 bits per heavy atom. The number of aromatic nitrogens is 2. The van der Waals surface area contributed by atoms with Crippen molar-refractivity contribution in [3.8, 4) is 0 Å². The van der Waals surface area contributed by atoms with Gasteiger partial charge in [0.2, 0.25) is 0 Å². The van der Waals surface area contributed by atoms with Gasteiger partial charge in [-0.1, -0.05) is 25.0 Å². The van der Waals surface area contributed by atoms with Crippen LogP contribution in [0, 0.1) is 5.92 Å². The van der Waals surface area contributed by atoms with Crippen LogP contribution >= 0.6 is 0 Å². The fourth-order valence-corrected chi connectivity index (χ4v) is 4.03. The lowest BCUT2D eigenvalue weighted by Crippen LogP contribution is -2.39. The summed E-state index contributed by atoms with van der Waals surface area (Å²) in [4.78, 5) is 26.3. The van der Waals surface area contributed by atoms with Gasteiger partial charge < -0.3 is 10.2 Å². The summed E-state index contributed by atoms with van der Waals surface area (Å²) in [5, 5.41) is 11.1. The van der Waals surface area contributed by atoms with E-state index in [0.29, 0.717) is 32.5 Å². The van der Waals surface area contributed by atoms with Crippen LogP contribution in [0.1, 0.15) is 70.1 Å². The zero-order valence-electron chi connectivity index (χ0n) is 17.6. The summed E-state index contributed by atoms with van der Waals surface area (Å²) < 4.78 is 39.7. The number of nitrogens with zero attached hydrogens (tertiary/aromatic N) is 3. The molecular weight excluding hydrogens is 421 g/mol. The van der Waals surface area contributed by atoms with Crippen LogP contribution in [0.4, 0.5) is 13.2 Å². The van der Waals surface area contributed by atoms with Crippen molar-refractivity contribution < 1.29 is 22.8 Å². The second kappa shape index (κ2) is 9.26. The number of alkyl halides is 3. The molecule has 0 radical (unpaired) electrons. The monoisotopic (exact) mass is 446 g/mol. The van der Waals surface area contributed by atoms with Crippen LogP contribution < -0.4 is 5.32 Å². The van der Waals surface area contributed by atoms with Crippen molar-refractivity contribution in [1.82, 2.24) is 20.4 Å². The summed E-state index contributed by atoms with van der Waals surface area (Å²) in [6, 6.07) is 8.28. The number of hydrogen-bond acceptors (Lipinski definition) is 4. The first-order valence-corrected chi connectivity index (χ1v) is 10.9. The van der Waals surface area contributed by atoms with E-state index >= 15 is 0 Å². The molecule has 2 amide bonds. The number of benzene rings is 1. The molecule has 1 aliphatic heterocycles. The largest absolute Gasteiger partial charge is 0.417 e. The number of piperidine rings is 1. The van der Waals surface area contributed by atoms with E-state index in [9.17, 15) is 22.8 Å². The molecule has 2 fully saturated rings. The Hall–Kier alpha value is -2.97. The van der Waals surface area contributed by atoms with E-state index < -0.39 is 17.6 Å². The van der Waals surface area contributed by atoms with E-state index in [2.05, 4.69) is 15.5 Å². The standard InChI is InChI=1S/C23H25F3N4O2/c24-23(25,26)18-4-2-1-3-17(18)22(32)30-13-10-16(11-14-30)19-7-8-20(29-28-19)21(31)27-12-9-15-5-6-15/h1-4,7-8,15-16H,5-6,9-14H2,(H,27,31). The number of amides is 2. The van der Waals surface area contributed by atoms with Crippen molar-refractivity contribution in [3.05, 3.63) is 58.9 Å². The molecule has 1 aromatic heterocycles. The zero-order chi connectivity index (χ0) is 22.7. The molecule has 170 valence electrons. The summed E-state index contributed by atoms with van der Waals surface area (Å²) in [5.41, 5.74) is -0.248. The number of nitrogens with one attached hydrogen (secondary N) is 1. The second-order valence-corrected chi connectivity index (χ2v) is 8.44. The molecule has 2 aromatic rings. The van der Waals surface area contributed by atoms with Gasteiger partial charge in [-0.15, -0.1) is 5.10 Å².